The minimum Gasteiger partial charge on any atom is -0.378 e. The number of hydrogen-bond donors (Lipinski definition) is 1. The van der Waals surface area contributed by atoms with Gasteiger partial charge in [0, 0.05) is 5.92 Å². The summed E-state index contributed by atoms with van der Waals surface area (Å²) in [5, 5.41) is 15.3. The molecule has 1 unspecified atom stereocenters. The van der Waals surface area contributed by atoms with Gasteiger partial charge in [-0.15, -0.1) is 5.10 Å². The van der Waals surface area contributed by atoms with Crippen LogP contribution in [-0.4, -0.2) is 25.3 Å². The van der Waals surface area contributed by atoms with Crippen LogP contribution in [0, 0.1) is 6.92 Å². The van der Waals surface area contributed by atoms with Crippen LogP contribution in [0.5, 0.6) is 0 Å². The minimum atomic E-state index is 0.212. The Bertz CT molecular complexity index is 488. The molecule has 2 aromatic heterocycles. The third-order valence-corrected chi connectivity index (χ3v) is 2.71. The number of anilines is 1. The average Bonchev–Trinajstić information content (AvgIpc) is 2.84. The molecule has 0 aliphatic carbocycles. The molecule has 2 rings (SSSR count). The summed E-state index contributed by atoms with van der Waals surface area (Å²) in [7, 11) is 0. The molecule has 1 atom stereocenters. The van der Waals surface area contributed by atoms with Crippen LogP contribution in [0.4, 0.5) is 5.82 Å². The quantitative estimate of drug-likeness (QED) is 0.834. The fourth-order valence-corrected chi connectivity index (χ4v) is 1.53. The van der Waals surface area contributed by atoms with Crippen molar-refractivity contribution in [2.45, 2.75) is 33.1 Å². The molecule has 0 amide bonds. The van der Waals surface area contributed by atoms with Crippen molar-refractivity contribution in [1.29, 1.82) is 0 Å². The molecule has 16 heavy (non-hydrogen) atoms. The first-order chi connectivity index (χ1) is 7.65. The van der Waals surface area contributed by atoms with Crippen molar-refractivity contribution in [3.63, 3.8) is 0 Å². The van der Waals surface area contributed by atoms with Crippen molar-refractivity contribution in [3.05, 3.63) is 11.4 Å². The van der Waals surface area contributed by atoms with Gasteiger partial charge in [0.15, 0.2) is 0 Å². The largest absolute Gasteiger partial charge is 0.378 e. The van der Waals surface area contributed by atoms with E-state index in [2.05, 4.69) is 39.1 Å². The van der Waals surface area contributed by atoms with E-state index in [1.54, 1.807) is 4.68 Å². The number of rotatable bonds is 3. The Morgan fingerprint density at radius 2 is 2.19 bits per heavy atom. The summed E-state index contributed by atoms with van der Waals surface area (Å²) in [5.41, 5.74) is 7.47. The van der Waals surface area contributed by atoms with Gasteiger partial charge < -0.3 is 5.73 Å². The molecule has 7 heteroatoms. The molecule has 7 nitrogen and oxygen atoms in total. The third kappa shape index (κ3) is 1.54. The van der Waals surface area contributed by atoms with Crippen molar-refractivity contribution >= 4 is 5.82 Å². The highest BCUT2D eigenvalue weighted by Crippen LogP contribution is 2.22. The SMILES string of the molecule is CCC(C)c1nnn(-c2nonc2N)c1C. The Morgan fingerprint density at radius 3 is 2.75 bits per heavy atom. The van der Waals surface area contributed by atoms with Crippen molar-refractivity contribution in [2.75, 3.05) is 5.73 Å². The molecule has 0 aliphatic heterocycles. The molecule has 0 aromatic carbocycles. The summed E-state index contributed by atoms with van der Waals surface area (Å²) < 4.78 is 6.09. The van der Waals surface area contributed by atoms with Crippen molar-refractivity contribution < 1.29 is 4.63 Å². The van der Waals surface area contributed by atoms with Crippen LogP contribution >= 0.6 is 0 Å². The van der Waals surface area contributed by atoms with Crippen molar-refractivity contribution in [2.24, 2.45) is 0 Å². The first kappa shape index (κ1) is 10.6. The maximum atomic E-state index is 5.60. The molecule has 0 bridgehead atoms. The van der Waals surface area contributed by atoms with E-state index in [4.69, 9.17) is 5.73 Å². The molecule has 0 saturated heterocycles. The first-order valence-corrected chi connectivity index (χ1v) is 5.15. The van der Waals surface area contributed by atoms with E-state index in [-0.39, 0.29) is 5.82 Å². The zero-order valence-corrected chi connectivity index (χ0v) is 9.51. The molecule has 2 heterocycles. The summed E-state index contributed by atoms with van der Waals surface area (Å²) in [6, 6.07) is 0. The molecule has 0 fully saturated rings. The number of nitrogen functional groups attached to an aromatic ring is 1. The first-order valence-electron chi connectivity index (χ1n) is 5.15. The number of nitrogens with zero attached hydrogens (tertiary/aromatic N) is 5. The van der Waals surface area contributed by atoms with E-state index in [0.29, 0.717) is 11.7 Å². The van der Waals surface area contributed by atoms with E-state index >= 15 is 0 Å². The summed E-state index contributed by atoms with van der Waals surface area (Å²) in [4.78, 5) is 0. The van der Waals surface area contributed by atoms with Gasteiger partial charge in [-0.1, -0.05) is 19.1 Å². The van der Waals surface area contributed by atoms with Gasteiger partial charge in [-0.05, 0) is 23.7 Å². The van der Waals surface area contributed by atoms with Crippen LogP contribution in [0.1, 0.15) is 37.6 Å². The number of hydrogen-bond acceptors (Lipinski definition) is 6. The smallest absolute Gasteiger partial charge is 0.243 e. The molecule has 0 saturated carbocycles. The third-order valence-electron chi connectivity index (χ3n) is 2.71. The molecule has 2 N–H and O–H groups in total. The van der Waals surface area contributed by atoms with E-state index in [0.717, 1.165) is 17.8 Å². The maximum absolute atomic E-state index is 5.60. The second kappa shape index (κ2) is 3.92. The van der Waals surface area contributed by atoms with E-state index in [1.807, 2.05) is 6.92 Å². The van der Waals surface area contributed by atoms with E-state index < -0.39 is 0 Å². The van der Waals surface area contributed by atoms with Gasteiger partial charge in [0.05, 0.1) is 11.4 Å². The Labute approximate surface area is 92.6 Å². The monoisotopic (exact) mass is 222 g/mol. The lowest BCUT2D eigenvalue weighted by Crippen LogP contribution is -2.04. The topological polar surface area (TPSA) is 95.6 Å². The molecular formula is C9H14N6O. The zero-order chi connectivity index (χ0) is 11.7. The lowest BCUT2D eigenvalue weighted by molar-refractivity contribution is 0.306. The van der Waals surface area contributed by atoms with Gasteiger partial charge >= 0.3 is 0 Å². The minimum absolute atomic E-state index is 0.212. The zero-order valence-electron chi connectivity index (χ0n) is 9.51. The maximum Gasteiger partial charge on any atom is 0.243 e. The number of nitrogens with two attached hydrogens (primary N) is 1. The fourth-order valence-electron chi connectivity index (χ4n) is 1.53. The van der Waals surface area contributed by atoms with Gasteiger partial charge in [-0.3, -0.25) is 0 Å². The summed E-state index contributed by atoms with van der Waals surface area (Å²) in [6.07, 6.45) is 1.01. The lowest BCUT2D eigenvalue weighted by Gasteiger charge is -2.05. The van der Waals surface area contributed by atoms with Crippen molar-refractivity contribution in [3.8, 4) is 5.82 Å². The average molecular weight is 222 g/mol. The molecular weight excluding hydrogens is 208 g/mol. The molecule has 2 aromatic rings. The standard InChI is InChI=1S/C9H14N6O/c1-4-5(2)7-6(3)15(14-11-7)9-8(10)12-16-13-9/h5H,4H2,1-3H3,(H2,10,12). The predicted octanol–water partition coefficient (Wildman–Crippen LogP) is 1.05. The summed E-state index contributed by atoms with van der Waals surface area (Å²) in [6.45, 7) is 6.14. The van der Waals surface area contributed by atoms with E-state index in [9.17, 15) is 0 Å². The second-order valence-corrected chi connectivity index (χ2v) is 3.75. The van der Waals surface area contributed by atoms with Crippen LogP contribution in [0.2, 0.25) is 0 Å². The van der Waals surface area contributed by atoms with Gasteiger partial charge in [-0.2, -0.15) is 4.68 Å². The van der Waals surface area contributed by atoms with Crippen LogP contribution in [-0.2, 0) is 0 Å². The molecule has 0 spiro atoms. The van der Waals surface area contributed by atoms with Crippen LogP contribution in [0.15, 0.2) is 4.63 Å². The highest BCUT2D eigenvalue weighted by Gasteiger charge is 2.18. The van der Waals surface area contributed by atoms with Gasteiger partial charge in [0.1, 0.15) is 0 Å². The Kier molecular flexibility index (Phi) is 2.59. The van der Waals surface area contributed by atoms with Crippen molar-refractivity contribution in [1.82, 2.24) is 25.3 Å². The predicted molar refractivity (Wildman–Crippen MR) is 57.1 cm³/mol. The van der Waals surface area contributed by atoms with E-state index in [1.165, 1.54) is 0 Å². The second-order valence-electron chi connectivity index (χ2n) is 3.75. The summed E-state index contributed by atoms with van der Waals surface area (Å²) >= 11 is 0. The van der Waals surface area contributed by atoms with Gasteiger partial charge in [0.25, 0.3) is 0 Å². The van der Waals surface area contributed by atoms with Crippen LogP contribution in [0.3, 0.4) is 0 Å². The Balaban J connectivity index is 2.45. The molecule has 86 valence electrons. The van der Waals surface area contributed by atoms with Gasteiger partial charge in [-0.25, -0.2) is 4.63 Å². The highest BCUT2D eigenvalue weighted by atomic mass is 16.6. The molecule has 0 radical (unpaired) electrons. The lowest BCUT2D eigenvalue weighted by atomic mass is 10.0. The van der Waals surface area contributed by atoms with Gasteiger partial charge in [0.2, 0.25) is 11.6 Å². The Hall–Kier alpha value is -1.92. The number of aromatic nitrogens is 5. The fraction of sp³-hybridized carbons (Fsp3) is 0.556. The van der Waals surface area contributed by atoms with Crippen LogP contribution < -0.4 is 5.73 Å². The summed E-state index contributed by atoms with van der Waals surface area (Å²) in [5.74, 6) is 0.957. The molecule has 0 aliphatic rings. The van der Waals surface area contributed by atoms with Crippen LogP contribution in [0.25, 0.3) is 5.82 Å². The Morgan fingerprint density at radius 1 is 1.44 bits per heavy atom. The normalized spacial score (nSPS) is 12.9. The highest BCUT2D eigenvalue weighted by molar-refractivity contribution is 5.44.